The first-order chi connectivity index (χ1) is 9.84. The highest BCUT2D eigenvalue weighted by atomic mass is 79.9. The Hall–Kier alpha value is -1.93. The average Bonchev–Trinajstić information content (AvgIpc) is 2.46. The Labute approximate surface area is 130 Å². The number of nitrogens with zero attached hydrogens (tertiary/aromatic N) is 2. The zero-order chi connectivity index (χ0) is 15.6. The van der Waals surface area contributed by atoms with Crippen LogP contribution in [0.4, 0.5) is 11.4 Å². The van der Waals surface area contributed by atoms with Crippen LogP contribution in [0, 0.1) is 10.1 Å². The minimum Gasteiger partial charge on any atom is -0.269 e. The van der Waals surface area contributed by atoms with Crippen LogP contribution in [0.2, 0.25) is 0 Å². The van der Waals surface area contributed by atoms with Crippen LogP contribution in [-0.4, -0.2) is 20.4 Å². The molecule has 0 aliphatic rings. The van der Waals surface area contributed by atoms with Gasteiger partial charge in [0.25, 0.3) is 15.7 Å². The van der Waals surface area contributed by atoms with Crippen LogP contribution >= 0.6 is 15.9 Å². The first-order valence-corrected chi connectivity index (χ1v) is 8.05. The molecular formula is C13H11BrN2O4S. The third kappa shape index (κ3) is 3.06. The summed E-state index contributed by atoms with van der Waals surface area (Å²) in [6, 6.07) is 11.9. The van der Waals surface area contributed by atoms with Crippen LogP contribution in [0.1, 0.15) is 0 Å². The number of nitro groups is 1. The monoisotopic (exact) mass is 370 g/mol. The van der Waals surface area contributed by atoms with Crippen molar-refractivity contribution in [1.29, 1.82) is 0 Å². The van der Waals surface area contributed by atoms with E-state index in [-0.39, 0.29) is 4.90 Å². The Balaban J connectivity index is 2.55. The maximum absolute atomic E-state index is 12.6. The molecule has 2 aromatic carbocycles. The zero-order valence-electron chi connectivity index (χ0n) is 10.9. The van der Waals surface area contributed by atoms with Gasteiger partial charge in [0.15, 0.2) is 4.90 Å². The summed E-state index contributed by atoms with van der Waals surface area (Å²) in [7, 11) is -2.66. The zero-order valence-corrected chi connectivity index (χ0v) is 13.3. The number of anilines is 1. The van der Waals surface area contributed by atoms with E-state index in [1.807, 2.05) is 0 Å². The molecule has 0 aliphatic carbocycles. The van der Waals surface area contributed by atoms with Crippen molar-refractivity contribution in [3.63, 3.8) is 0 Å². The molecule has 0 fully saturated rings. The SMILES string of the molecule is CN(c1cccc(Br)c1)S(=O)(=O)c1ccccc1[N+](=O)[O-]. The Morgan fingerprint density at radius 2 is 1.81 bits per heavy atom. The smallest absolute Gasteiger partial charge is 0.269 e. The van der Waals surface area contributed by atoms with Crippen molar-refractivity contribution in [2.24, 2.45) is 0 Å². The lowest BCUT2D eigenvalue weighted by molar-refractivity contribution is -0.387. The number of sulfonamides is 1. The van der Waals surface area contributed by atoms with Gasteiger partial charge in [-0.2, -0.15) is 0 Å². The number of hydrogen-bond donors (Lipinski definition) is 0. The van der Waals surface area contributed by atoms with E-state index in [0.717, 1.165) is 4.31 Å². The number of nitro benzene ring substituents is 1. The molecule has 21 heavy (non-hydrogen) atoms. The van der Waals surface area contributed by atoms with Crippen molar-refractivity contribution in [1.82, 2.24) is 0 Å². The minimum absolute atomic E-state index is 0.336. The second-order valence-corrected chi connectivity index (χ2v) is 7.03. The standard InChI is InChI=1S/C13H11BrN2O4S/c1-15(11-6-4-5-10(14)9-11)21(19,20)13-8-3-2-7-12(13)16(17)18/h2-9H,1H3. The number of hydrogen-bond acceptors (Lipinski definition) is 4. The molecule has 0 atom stereocenters. The maximum Gasteiger partial charge on any atom is 0.289 e. The van der Waals surface area contributed by atoms with E-state index in [9.17, 15) is 18.5 Å². The molecule has 2 rings (SSSR count). The lowest BCUT2D eigenvalue weighted by Gasteiger charge is -2.19. The fourth-order valence-corrected chi connectivity index (χ4v) is 3.52. The predicted octanol–water partition coefficient (Wildman–Crippen LogP) is 3.18. The molecule has 0 saturated heterocycles. The molecule has 110 valence electrons. The molecule has 0 heterocycles. The lowest BCUT2D eigenvalue weighted by atomic mass is 10.3. The molecule has 0 amide bonds. The molecule has 0 N–H and O–H groups in total. The summed E-state index contributed by atoms with van der Waals surface area (Å²) in [4.78, 5) is 9.95. The maximum atomic E-state index is 12.6. The molecule has 0 spiro atoms. The number of benzene rings is 2. The first-order valence-electron chi connectivity index (χ1n) is 5.82. The highest BCUT2D eigenvalue weighted by Gasteiger charge is 2.29. The van der Waals surface area contributed by atoms with Crippen LogP contribution in [0.15, 0.2) is 57.9 Å². The largest absolute Gasteiger partial charge is 0.289 e. The van der Waals surface area contributed by atoms with Gasteiger partial charge in [-0.15, -0.1) is 0 Å². The van der Waals surface area contributed by atoms with Crippen LogP contribution in [0.5, 0.6) is 0 Å². The van der Waals surface area contributed by atoms with Gasteiger partial charge >= 0.3 is 0 Å². The summed E-state index contributed by atoms with van der Waals surface area (Å²) in [6.07, 6.45) is 0. The average molecular weight is 371 g/mol. The van der Waals surface area contributed by atoms with Crippen molar-refractivity contribution in [2.45, 2.75) is 4.90 Å². The summed E-state index contributed by atoms with van der Waals surface area (Å²) in [5.41, 5.74) is -0.0399. The van der Waals surface area contributed by atoms with Gasteiger partial charge in [0, 0.05) is 17.6 Å². The summed E-state index contributed by atoms with van der Waals surface area (Å²) >= 11 is 3.26. The molecular weight excluding hydrogens is 360 g/mol. The van der Waals surface area contributed by atoms with Gasteiger partial charge in [-0.1, -0.05) is 34.1 Å². The van der Waals surface area contributed by atoms with Crippen LogP contribution in [0.25, 0.3) is 0 Å². The molecule has 0 aromatic heterocycles. The van der Waals surface area contributed by atoms with Gasteiger partial charge in [-0.25, -0.2) is 8.42 Å². The molecule has 0 saturated carbocycles. The molecule has 0 unspecified atom stereocenters. The van der Waals surface area contributed by atoms with Gasteiger partial charge in [-0.3, -0.25) is 14.4 Å². The van der Waals surface area contributed by atoms with Gasteiger partial charge in [0.2, 0.25) is 0 Å². The molecule has 2 aromatic rings. The number of halogens is 1. The van der Waals surface area contributed by atoms with E-state index in [0.29, 0.717) is 10.2 Å². The fraction of sp³-hybridized carbons (Fsp3) is 0.0769. The molecule has 6 nitrogen and oxygen atoms in total. The van der Waals surface area contributed by atoms with Gasteiger partial charge in [0.1, 0.15) is 0 Å². The summed E-state index contributed by atoms with van der Waals surface area (Å²) in [5, 5.41) is 11.0. The lowest BCUT2D eigenvalue weighted by Crippen LogP contribution is -2.27. The normalized spacial score (nSPS) is 11.1. The van der Waals surface area contributed by atoms with Crippen LogP contribution in [-0.2, 0) is 10.0 Å². The Bertz CT molecular complexity index is 792. The minimum atomic E-state index is -4.01. The molecule has 8 heteroatoms. The van der Waals surface area contributed by atoms with Gasteiger partial charge in [0.05, 0.1) is 10.6 Å². The van der Waals surface area contributed by atoms with E-state index in [4.69, 9.17) is 0 Å². The molecule has 0 aliphatic heterocycles. The van der Waals surface area contributed by atoms with Crippen molar-refractivity contribution < 1.29 is 13.3 Å². The van der Waals surface area contributed by atoms with Crippen molar-refractivity contribution in [2.75, 3.05) is 11.4 Å². The quantitative estimate of drug-likeness (QED) is 0.611. The highest BCUT2D eigenvalue weighted by Crippen LogP contribution is 2.29. The van der Waals surface area contributed by atoms with Crippen LogP contribution in [0.3, 0.4) is 0 Å². The first kappa shape index (κ1) is 15.5. The van der Waals surface area contributed by atoms with Crippen molar-refractivity contribution >= 4 is 37.3 Å². The Kier molecular flexibility index (Phi) is 4.29. The Morgan fingerprint density at radius 3 is 2.43 bits per heavy atom. The second-order valence-electron chi connectivity index (χ2n) is 4.18. The second kappa shape index (κ2) is 5.82. The third-order valence-electron chi connectivity index (χ3n) is 2.87. The van der Waals surface area contributed by atoms with Crippen LogP contribution < -0.4 is 4.31 Å². The van der Waals surface area contributed by atoms with E-state index in [1.165, 1.54) is 31.3 Å². The van der Waals surface area contributed by atoms with E-state index in [1.54, 1.807) is 24.3 Å². The number of rotatable bonds is 4. The number of para-hydroxylation sites is 1. The van der Waals surface area contributed by atoms with Gasteiger partial charge < -0.3 is 0 Å². The predicted molar refractivity (Wildman–Crippen MR) is 82.8 cm³/mol. The van der Waals surface area contributed by atoms with E-state index < -0.39 is 20.6 Å². The topological polar surface area (TPSA) is 80.5 Å². The summed E-state index contributed by atoms with van der Waals surface area (Å²) in [5.74, 6) is 0. The highest BCUT2D eigenvalue weighted by molar-refractivity contribution is 9.10. The van der Waals surface area contributed by atoms with Crippen molar-refractivity contribution in [3.05, 3.63) is 63.1 Å². The molecule has 0 radical (unpaired) electrons. The Morgan fingerprint density at radius 1 is 1.14 bits per heavy atom. The van der Waals surface area contributed by atoms with E-state index >= 15 is 0 Å². The summed E-state index contributed by atoms with van der Waals surface area (Å²) in [6.45, 7) is 0. The molecule has 0 bridgehead atoms. The summed E-state index contributed by atoms with van der Waals surface area (Å²) < 4.78 is 26.9. The van der Waals surface area contributed by atoms with Crippen molar-refractivity contribution in [3.8, 4) is 0 Å². The third-order valence-corrected chi connectivity index (χ3v) is 5.20. The van der Waals surface area contributed by atoms with Gasteiger partial charge in [-0.05, 0) is 24.3 Å². The fourth-order valence-electron chi connectivity index (χ4n) is 1.78. The van der Waals surface area contributed by atoms with E-state index in [2.05, 4.69) is 15.9 Å².